The fourth-order valence-corrected chi connectivity index (χ4v) is 6.38. The molecule has 0 spiro atoms. The Morgan fingerprint density at radius 3 is 2.00 bits per heavy atom. The summed E-state index contributed by atoms with van der Waals surface area (Å²) in [7, 11) is -3.32. The summed E-state index contributed by atoms with van der Waals surface area (Å²) in [5, 5.41) is 3.21. The number of rotatable bonds is 5. The average Bonchev–Trinajstić information content (AvgIpc) is 2.59. The second-order valence-corrected chi connectivity index (χ2v) is 11.0. The van der Waals surface area contributed by atoms with Crippen LogP contribution in [0.25, 0.3) is 0 Å². The van der Waals surface area contributed by atoms with E-state index in [0.717, 1.165) is 43.3 Å². The van der Waals surface area contributed by atoms with Crippen molar-refractivity contribution in [3.63, 3.8) is 0 Å². The molecular weight excluding hydrogens is 378 g/mol. The molecule has 1 aromatic carbocycles. The second kappa shape index (κ2) is 6.87. The van der Waals surface area contributed by atoms with Crippen molar-refractivity contribution in [3.05, 3.63) is 29.8 Å². The fraction of sp³-hybridized carbons (Fsp3) is 0.619. The van der Waals surface area contributed by atoms with Crippen LogP contribution in [0.15, 0.2) is 29.2 Å². The zero-order valence-electron chi connectivity index (χ0n) is 16.3. The van der Waals surface area contributed by atoms with Crippen molar-refractivity contribution in [1.82, 2.24) is 5.32 Å². The van der Waals surface area contributed by atoms with Crippen LogP contribution in [0.5, 0.6) is 0 Å². The van der Waals surface area contributed by atoms with Gasteiger partial charge in [-0.25, -0.2) is 13.2 Å². The highest BCUT2D eigenvalue weighted by molar-refractivity contribution is 7.90. The smallest absolute Gasteiger partial charge is 0.338 e. The zero-order valence-corrected chi connectivity index (χ0v) is 17.1. The van der Waals surface area contributed by atoms with Crippen LogP contribution >= 0.6 is 0 Å². The van der Waals surface area contributed by atoms with Gasteiger partial charge in [0.15, 0.2) is 15.9 Å². The van der Waals surface area contributed by atoms with Gasteiger partial charge in [0.1, 0.15) is 0 Å². The second-order valence-electron chi connectivity index (χ2n) is 9.03. The van der Waals surface area contributed by atoms with Crippen LogP contribution in [0, 0.1) is 17.8 Å². The molecule has 1 atom stereocenters. The Hall–Kier alpha value is -1.89. The normalized spacial score (nSPS) is 32.0. The monoisotopic (exact) mass is 405 g/mol. The first-order valence-electron chi connectivity index (χ1n) is 9.97. The standard InChI is InChI=1S/C21H27NO5S/c1-13(27-20(24)17-3-5-18(6-4-17)28(2,25)26)19(23)22-21-10-14-7-15(11-21)9-16(8-14)12-21/h3-6,13-16H,7-12H2,1-2H3,(H,22,23)/t13-,14?,15?,16?,21?/m0/s1. The highest BCUT2D eigenvalue weighted by Gasteiger charge is 2.51. The third kappa shape index (κ3) is 3.81. The molecule has 4 saturated carbocycles. The first-order valence-corrected chi connectivity index (χ1v) is 11.9. The number of amides is 1. The maximum atomic E-state index is 12.7. The minimum absolute atomic E-state index is 0.121. The van der Waals surface area contributed by atoms with Gasteiger partial charge in [0, 0.05) is 11.8 Å². The molecule has 0 unspecified atom stereocenters. The highest BCUT2D eigenvalue weighted by Crippen LogP contribution is 2.55. The summed E-state index contributed by atoms with van der Waals surface area (Å²) in [6, 6.07) is 5.54. The summed E-state index contributed by atoms with van der Waals surface area (Å²) in [5.41, 5.74) is 0.103. The molecule has 1 N–H and O–H groups in total. The number of hydrogen-bond donors (Lipinski definition) is 1. The van der Waals surface area contributed by atoms with Crippen LogP contribution in [0.1, 0.15) is 55.8 Å². The topological polar surface area (TPSA) is 89.5 Å². The van der Waals surface area contributed by atoms with E-state index in [0.29, 0.717) is 0 Å². The lowest BCUT2D eigenvalue weighted by molar-refractivity contribution is -0.134. The minimum atomic E-state index is -3.32. The molecule has 1 aromatic rings. The molecule has 4 fully saturated rings. The van der Waals surface area contributed by atoms with Crippen molar-refractivity contribution >= 4 is 21.7 Å². The van der Waals surface area contributed by atoms with Crippen LogP contribution in [-0.2, 0) is 19.4 Å². The summed E-state index contributed by atoms with van der Waals surface area (Å²) in [4.78, 5) is 25.2. The Balaban J connectivity index is 1.37. The van der Waals surface area contributed by atoms with Crippen LogP contribution in [0.4, 0.5) is 0 Å². The van der Waals surface area contributed by atoms with Crippen molar-refractivity contribution in [2.45, 2.75) is 62.0 Å². The predicted molar refractivity (Wildman–Crippen MR) is 103 cm³/mol. The Labute approximate surface area is 165 Å². The van der Waals surface area contributed by atoms with Crippen molar-refractivity contribution in [2.24, 2.45) is 17.8 Å². The molecule has 6 nitrogen and oxygen atoms in total. The Morgan fingerprint density at radius 2 is 1.54 bits per heavy atom. The molecule has 0 heterocycles. The van der Waals surface area contributed by atoms with Gasteiger partial charge in [-0.1, -0.05) is 0 Å². The van der Waals surface area contributed by atoms with Gasteiger partial charge in [-0.05, 0) is 87.5 Å². The molecule has 28 heavy (non-hydrogen) atoms. The largest absolute Gasteiger partial charge is 0.449 e. The first kappa shape index (κ1) is 19.4. The van der Waals surface area contributed by atoms with E-state index in [1.165, 1.54) is 43.5 Å². The maximum Gasteiger partial charge on any atom is 0.338 e. The maximum absolute atomic E-state index is 12.7. The third-order valence-electron chi connectivity index (χ3n) is 6.60. The average molecular weight is 406 g/mol. The molecule has 5 rings (SSSR count). The number of carbonyl (C=O) groups is 2. The van der Waals surface area contributed by atoms with Crippen LogP contribution < -0.4 is 5.32 Å². The molecule has 1 amide bonds. The number of benzene rings is 1. The van der Waals surface area contributed by atoms with Gasteiger partial charge in [-0.2, -0.15) is 0 Å². The van der Waals surface area contributed by atoms with Crippen molar-refractivity contribution < 1.29 is 22.7 Å². The molecule has 0 aliphatic heterocycles. The van der Waals surface area contributed by atoms with E-state index >= 15 is 0 Å². The molecule has 4 bridgehead atoms. The third-order valence-corrected chi connectivity index (χ3v) is 7.73. The number of esters is 1. The van der Waals surface area contributed by atoms with Crippen LogP contribution in [0.2, 0.25) is 0 Å². The Kier molecular flexibility index (Phi) is 4.76. The van der Waals surface area contributed by atoms with Gasteiger partial charge in [-0.15, -0.1) is 0 Å². The van der Waals surface area contributed by atoms with Crippen LogP contribution in [-0.4, -0.2) is 38.2 Å². The zero-order chi connectivity index (χ0) is 20.1. The van der Waals surface area contributed by atoms with Crippen LogP contribution in [0.3, 0.4) is 0 Å². The molecular formula is C21H27NO5S. The van der Waals surface area contributed by atoms with E-state index in [1.807, 2.05) is 0 Å². The first-order chi connectivity index (χ1) is 13.1. The fourth-order valence-electron chi connectivity index (χ4n) is 5.75. The highest BCUT2D eigenvalue weighted by atomic mass is 32.2. The quantitative estimate of drug-likeness (QED) is 0.761. The van der Waals surface area contributed by atoms with E-state index < -0.39 is 21.9 Å². The Bertz CT molecular complexity index is 855. The van der Waals surface area contributed by atoms with Gasteiger partial charge in [0.2, 0.25) is 0 Å². The molecule has 7 heteroatoms. The number of sulfone groups is 1. The number of ether oxygens (including phenoxy) is 1. The summed E-state index contributed by atoms with van der Waals surface area (Å²) < 4.78 is 28.4. The lowest BCUT2D eigenvalue weighted by Gasteiger charge is -2.57. The van der Waals surface area contributed by atoms with Gasteiger partial charge in [0.25, 0.3) is 5.91 Å². The summed E-state index contributed by atoms with van der Waals surface area (Å²) >= 11 is 0. The molecule has 0 saturated heterocycles. The number of carbonyl (C=O) groups excluding carboxylic acids is 2. The molecule has 4 aliphatic rings. The minimum Gasteiger partial charge on any atom is -0.449 e. The lowest BCUT2D eigenvalue weighted by atomic mass is 9.53. The van der Waals surface area contributed by atoms with E-state index in [4.69, 9.17) is 4.74 Å². The SMILES string of the molecule is C[C@H](OC(=O)c1ccc(S(C)(=O)=O)cc1)C(=O)NC12CC3CC(CC(C3)C1)C2. The van der Waals surface area contributed by atoms with Gasteiger partial charge in [0.05, 0.1) is 10.5 Å². The summed E-state index contributed by atoms with van der Waals surface area (Å²) in [6.07, 6.45) is 7.22. The van der Waals surface area contributed by atoms with E-state index in [-0.39, 0.29) is 21.9 Å². The van der Waals surface area contributed by atoms with Crippen molar-refractivity contribution in [3.8, 4) is 0 Å². The lowest BCUT2D eigenvalue weighted by Crippen LogP contribution is -2.61. The molecule has 0 aromatic heterocycles. The summed E-state index contributed by atoms with van der Waals surface area (Å²) in [6.45, 7) is 1.58. The van der Waals surface area contributed by atoms with Gasteiger partial charge >= 0.3 is 5.97 Å². The van der Waals surface area contributed by atoms with Crippen molar-refractivity contribution in [1.29, 1.82) is 0 Å². The molecule has 4 aliphatic carbocycles. The van der Waals surface area contributed by atoms with Gasteiger partial charge in [-0.3, -0.25) is 4.79 Å². The number of nitrogens with one attached hydrogen (secondary N) is 1. The summed E-state index contributed by atoms with van der Waals surface area (Å²) in [5.74, 6) is 1.28. The van der Waals surface area contributed by atoms with E-state index in [2.05, 4.69) is 5.32 Å². The van der Waals surface area contributed by atoms with Crippen molar-refractivity contribution in [2.75, 3.05) is 6.26 Å². The predicted octanol–water partition coefficient (Wildman–Crippen LogP) is 2.72. The van der Waals surface area contributed by atoms with E-state index in [9.17, 15) is 18.0 Å². The van der Waals surface area contributed by atoms with Gasteiger partial charge < -0.3 is 10.1 Å². The van der Waals surface area contributed by atoms with E-state index in [1.54, 1.807) is 6.92 Å². The molecule has 0 radical (unpaired) electrons. The molecule has 152 valence electrons. The Morgan fingerprint density at radius 1 is 1.04 bits per heavy atom. The number of hydrogen-bond acceptors (Lipinski definition) is 5.